The maximum absolute atomic E-state index is 12.7. The fraction of sp³-hybridized carbons (Fsp3) is 0.296. The molecule has 2 unspecified atom stereocenters. The first kappa shape index (κ1) is 33.0. The van der Waals surface area contributed by atoms with E-state index in [1.165, 1.54) is 41.7 Å². The second-order valence-corrected chi connectivity index (χ2v) is 14.2. The summed E-state index contributed by atoms with van der Waals surface area (Å²) in [5.74, 6) is 0.0590. The Morgan fingerprint density at radius 2 is 1.83 bits per heavy atom. The normalized spacial score (nSPS) is 13.6. The molecular weight excluding hydrogens is 715 g/mol. The van der Waals surface area contributed by atoms with Crippen LogP contribution >= 0.6 is 43.2 Å². The number of hydrogen-bond donors (Lipinski definition) is 1. The monoisotopic (exact) mass is 739 g/mol. The molecule has 0 aliphatic heterocycles. The predicted octanol–water partition coefficient (Wildman–Crippen LogP) is 8.06. The molecule has 0 radical (unpaired) electrons. The van der Waals surface area contributed by atoms with E-state index in [2.05, 4.69) is 36.6 Å². The number of carbonyl (C=O) groups is 1. The summed E-state index contributed by atoms with van der Waals surface area (Å²) in [4.78, 5) is 13.2. The lowest BCUT2D eigenvalue weighted by Crippen LogP contribution is -2.25. The van der Waals surface area contributed by atoms with Crippen molar-refractivity contribution in [2.75, 3.05) is 23.9 Å². The van der Waals surface area contributed by atoms with Crippen LogP contribution in [0.2, 0.25) is 0 Å². The zero-order chi connectivity index (χ0) is 30.2. The molecule has 3 aromatic rings. The van der Waals surface area contributed by atoms with Crippen LogP contribution in [0.25, 0.3) is 6.08 Å². The Labute approximate surface area is 256 Å². The van der Waals surface area contributed by atoms with Gasteiger partial charge in [0.2, 0.25) is 0 Å². The van der Waals surface area contributed by atoms with Gasteiger partial charge in [0.15, 0.2) is 16.4 Å². The third kappa shape index (κ3) is 10.7. The van der Waals surface area contributed by atoms with Gasteiger partial charge in [0.1, 0.15) is 18.1 Å². The summed E-state index contributed by atoms with van der Waals surface area (Å²) in [6.45, 7) is 0.731. The number of anilines is 2. The maximum Gasteiger partial charge on any atom is 0.422 e. The van der Waals surface area contributed by atoms with Crippen molar-refractivity contribution in [1.29, 1.82) is 0 Å². The van der Waals surface area contributed by atoms with Crippen molar-refractivity contribution in [3.8, 4) is 11.5 Å². The number of alkyl halides is 5. The van der Waals surface area contributed by atoms with Crippen LogP contribution in [-0.2, 0) is 16.3 Å². The molecule has 0 spiro atoms. The second-order valence-electron chi connectivity index (χ2n) is 8.80. The summed E-state index contributed by atoms with van der Waals surface area (Å²) in [7, 11) is -3.66. The average molecular weight is 741 g/mol. The number of benzene rings is 2. The fourth-order valence-corrected chi connectivity index (χ4v) is 5.33. The summed E-state index contributed by atoms with van der Waals surface area (Å²) in [5, 5.41) is 14.4. The average Bonchev–Trinajstić information content (AvgIpc) is 3.43. The van der Waals surface area contributed by atoms with Gasteiger partial charge < -0.3 is 14.6 Å². The zero-order valence-electron chi connectivity index (χ0n) is 21.6. The minimum Gasteiger partial charge on any atom is -0.490 e. The highest BCUT2D eigenvalue weighted by Gasteiger charge is 2.28. The second kappa shape index (κ2) is 14.6. The summed E-state index contributed by atoms with van der Waals surface area (Å²) in [5.41, 5.74) is 1.82. The Balaban J connectivity index is 1.75. The van der Waals surface area contributed by atoms with Crippen LogP contribution in [-0.4, -0.2) is 54.4 Å². The van der Waals surface area contributed by atoms with Gasteiger partial charge in [0, 0.05) is 15.6 Å². The minimum atomic E-state index is -4.45. The van der Waals surface area contributed by atoms with Gasteiger partial charge in [-0.2, -0.15) is 24.5 Å². The molecule has 0 fully saturated rings. The highest BCUT2D eigenvalue weighted by molar-refractivity contribution is 9.12. The molecule has 0 aliphatic carbocycles. The van der Waals surface area contributed by atoms with E-state index >= 15 is 0 Å². The first-order valence-corrected chi connectivity index (χ1v) is 16.5. The number of ether oxygens (including phenoxy) is 2. The Morgan fingerprint density at radius 3 is 2.41 bits per heavy atom. The van der Waals surface area contributed by atoms with Crippen LogP contribution < -0.4 is 14.4 Å². The van der Waals surface area contributed by atoms with Crippen LogP contribution in [0, 0.1) is 0 Å². The van der Waals surface area contributed by atoms with Gasteiger partial charge in [-0.15, -0.1) is 0 Å². The number of amides is 1. The molecule has 3 rings (SSSR count). The van der Waals surface area contributed by atoms with E-state index < -0.39 is 28.7 Å². The molecule has 0 aliphatic rings. The van der Waals surface area contributed by atoms with Crippen molar-refractivity contribution in [3.63, 3.8) is 0 Å². The van der Waals surface area contributed by atoms with Crippen LogP contribution in [0.5, 0.6) is 11.5 Å². The van der Waals surface area contributed by atoms with Crippen LogP contribution in [0.15, 0.2) is 64.7 Å². The van der Waals surface area contributed by atoms with Crippen molar-refractivity contribution in [2.24, 2.45) is 0 Å². The van der Waals surface area contributed by atoms with Gasteiger partial charge in [-0.25, -0.2) is 18.1 Å². The van der Waals surface area contributed by atoms with E-state index in [0.717, 1.165) is 10.3 Å². The molecule has 0 saturated carbocycles. The number of halogens is 5. The standard InChI is InChI=1S/C27H26Br2F3NO6S2/c1-18(28)23(29)15-38-25-14-20(4-7-24(25)33(26(34)35)21-8-11-40-16-21)10-13-41(36,37)12-9-19-2-5-22(6-3-19)39-17-27(30,31)32/h2-8,10-11,13-14,16,18,23H,9,12,15,17H2,1H3,(H,34,35)/b13-10+. The Hall–Kier alpha value is -2.55. The number of aryl methyl sites for hydroxylation is 1. The van der Waals surface area contributed by atoms with Gasteiger partial charge in [-0.05, 0) is 59.3 Å². The smallest absolute Gasteiger partial charge is 0.422 e. The maximum atomic E-state index is 12.7. The van der Waals surface area contributed by atoms with E-state index in [1.54, 1.807) is 35.0 Å². The van der Waals surface area contributed by atoms with Gasteiger partial charge in [0.05, 0.1) is 22.0 Å². The first-order valence-electron chi connectivity index (χ1n) is 12.0. The molecule has 222 valence electrons. The first-order chi connectivity index (χ1) is 19.2. The third-order valence-corrected chi connectivity index (χ3v) is 9.95. The zero-order valence-corrected chi connectivity index (χ0v) is 26.4. The molecule has 1 aromatic heterocycles. The summed E-state index contributed by atoms with van der Waals surface area (Å²) in [6.07, 6.45) is -4.11. The Morgan fingerprint density at radius 1 is 1.12 bits per heavy atom. The minimum absolute atomic E-state index is 0.0348. The lowest BCUT2D eigenvalue weighted by molar-refractivity contribution is -0.153. The third-order valence-electron chi connectivity index (χ3n) is 5.55. The van der Waals surface area contributed by atoms with Gasteiger partial charge in [0.25, 0.3) is 0 Å². The van der Waals surface area contributed by atoms with E-state index in [1.807, 2.05) is 6.92 Å². The quantitative estimate of drug-likeness (QED) is 0.178. The van der Waals surface area contributed by atoms with Crippen LogP contribution in [0.1, 0.15) is 18.1 Å². The van der Waals surface area contributed by atoms with Gasteiger partial charge in [-0.1, -0.05) is 57.0 Å². The number of rotatable bonds is 13. The van der Waals surface area contributed by atoms with E-state index in [9.17, 15) is 31.5 Å². The van der Waals surface area contributed by atoms with Gasteiger partial charge in [-0.3, -0.25) is 0 Å². The van der Waals surface area contributed by atoms with Crippen molar-refractivity contribution in [1.82, 2.24) is 0 Å². The molecule has 1 N–H and O–H groups in total. The van der Waals surface area contributed by atoms with Crippen LogP contribution in [0.4, 0.5) is 29.3 Å². The van der Waals surface area contributed by atoms with Gasteiger partial charge >= 0.3 is 12.3 Å². The summed E-state index contributed by atoms with van der Waals surface area (Å²) < 4.78 is 72.9. The van der Waals surface area contributed by atoms with Crippen molar-refractivity contribution < 1.29 is 41.0 Å². The number of hydrogen-bond acceptors (Lipinski definition) is 6. The number of carboxylic acid groups (broad SMARTS) is 1. The SMILES string of the molecule is CC(Br)C(Br)COc1cc(/C=C/S(=O)(=O)CCc2ccc(OCC(F)(F)F)cc2)ccc1N(C(=O)O)c1ccsc1. The largest absolute Gasteiger partial charge is 0.490 e. The number of sulfone groups is 1. The number of thiophene rings is 1. The van der Waals surface area contributed by atoms with Crippen molar-refractivity contribution >= 4 is 76.6 Å². The predicted molar refractivity (Wildman–Crippen MR) is 162 cm³/mol. The molecule has 2 aromatic carbocycles. The molecule has 7 nitrogen and oxygen atoms in total. The lowest BCUT2D eigenvalue weighted by atomic mass is 10.1. The molecule has 2 atom stereocenters. The molecule has 0 bridgehead atoms. The highest BCUT2D eigenvalue weighted by Crippen LogP contribution is 2.37. The van der Waals surface area contributed by atoms with Crippen molar-refractivity contribution in [2.45, 2.75) is 29.2 Å². The van der Waals surface area contributed by atoms with Crippen LogP contribution in [0.3, 0.4) is 0 Å². The summed E-state index contributed by atoms with van der Waals surface area (Å²) in [6, 6.07) is 12.1. The topological polar surface area (TPSA) is 93.1 Å². The van der Waals surface area contributed by atoms with E-state index in [-0.39, 0.29) is 45.6 Å². The molecule has 1 amide bonds. The van der Waals surface area contributed by atoms with E-state index in [4.69, 9.17) is 4.74 Å². The lowest BCUT2D eigenvalue weighted by Gasteiger charge is -2.23. The molecular formula is C27H26Br2F3NO6S2. The van der Waals surface area contributed by atoms with Crippen molar-refractivity contribution in [3.05, 3.63) is 75.8 Å². The molecule has 1 heterocycles. The fourth-order valence-electron chi connectivity index (χ4n) is 3.40. The van der Waals surface area contributed by atoms with E-state index in [0.29, 0.717) is 16.8 Å². The highest BCUT2D eigenvalue weighted by atomic mass is 79.9. The summed E-state index contributed by atoms with van der Waals surface area (Å²) >= 11 is 8.33. The molecule has 14 heteroatoms. The molecule has 0 saturated heterocycles. The Kier molecular flexibility index (Phi) is 11.7. The Bertz CT molecular complexity index is 1430. The number of nitrogens with zero attached hydrogens (tertiary/aromatic N) is 1. The molecule has 41 heavy (non-hydrogen) atoms.